The molecular formula is C47H75N5O7S. The van der Waals surface area contributed by atoms with Crippen molar-refractivity contribution < 1.29 is 33.4 Å². The van der Waals surface area contributed by atoms with Gasteiger partial charge in [-0.1, -0.05) is 84.7 Å². The number of likely N-dealkylation sites (N-methyl/N-ethyl adjacent to an activating group) is 2. The lowest BCUT2D eigenvalue weighted by Crippen LogP contribution is -2.54. The van der Waals surface area contributed by atoms with Crippen LogP contribution in [0.25, 0.3) is 0 Å². The summed E-state index contributed by atoms with van der Waals surface area (Å²) < 4.78 is 12.1. The molecule has 336 valence electrons. The van der Waals surface area contributed by atoms with Crippen LogP contribution in [0.5, 0.6) is 0 Å². The van der Waals surface area contributed by atoms with E-state index in [2.05, 4.69) is 24.1 Å². The van der Waals surface area contributed by atoms with Crippen LogP contribution in [0.2, 0.25) is 0 Å². The first-order valence-corrected chi connectivity index (χ1v) is 22.8. The lowest BCUT2D eigenvalue weighted by atomic mass is 9.83. The van der Waals surface area contributed by atoms with Gasteiger partial charge in [0.05, 0.1) is 47.7 Å². The number of hydrogen-bond acceptors (Lipinski definition) is 10. The van der Waals surface area contributed by atoms with Crippen LogP contribution in [0.3, 0.4) is 0 Å². The van der Waals surface area contributed by atoms with E-state index in [1.165, 1.54) is 11.3 Å². The minimum Gasteiger partial charge on any atom is -0.379 e. The molecule has 3 amide bonds. The highest BCUT2D eigenvalue weighted by molar-refractivity contribution is 7.09. The molecule has 3 rings (SSSR count). The molecule has 1 fully saturated rings. The topological polar surface area (TPSA) is 138 Å². The minimum absolute atomic E-state index is 0.00411. The zero-order chi connectivity index (χ0) is 44.8. The number of nitrogens with zero attached hydrogens (tertiary/aromatic N) is 4. The van der Waals surface area contributed by atoms with Gasteiger partial charge in [0.1, 0.15) is 5.78 Å². The number of benzene rings is 1. The Morgan fingerprint density at radius 1 is 0.917 bits per heavy atom. The third-order valence-corrected chi connectivity index (χ3v) is 13.5. The first-order valence-electron chi connectivity index (χ1n) is 21.9. The molecule has 9 atom stereocenters. The van der Waals surface area contributed by atoms with Crippen LogP contribution in [-0.2, 0) is 46.4 Å². The highest BCUT2D eigenvalue weighted by atomic mass is 32.1. The van der Waals surface area contributed by atoms with Gasteiger partial charge in [-0.05, 0) is 57.2 Å². The van der Waals surface area contributed by atoms with Gasteiger partial charge >= 0.3 is 0 Å². The number of nitrogens with one attached hydrogen (secondary N) is 1. The number of carbonyl (C=O) groups excluding carboxylic acids is 5. The highest BCUT2D eigenvalue weighted by Gasteiger charge is 2.43. The fraction of sp³-hybridized carbons (Fsp3) is 0.702. The SMILES string of the molecule is CC[C@H](C)[C@@H]([C@@H](CC(=O)N1CCC[C@H]1[C@H](OC)[C@@H](C)C(=O)C[C@@H](Cc1nccs1)C(=O)NCc1ccc(C)cc1)OC)N(C)C(=O)[C@@H](CC(=O)[C@H](C(C)C)N(C)C)C(C)C. The Labute approximate surface area is 364 Å². The molecule has 1 N–H and O–H groups in total. The Bertz CT molecular complexity index is 1660. The normalized spacial score (nSPS) is 18.5. The predicted octanol–water partition coefficient (Wildman–Crippen LogP) is 6.62. The average molecular weight is 854 g/mol. The first-order chi connectivity index (χ1) is 28.4. The Kier molecular flexibility index (Phi) is 20.5. The van der Waals surface area contributed by atoms with E-state index in [9.17, 15) is 24.0 Å². The van der Waals surface area contributed by atoms with E-state index in [1.807, 2.05) is 95.1 Å². The molecule has 60 heavy (non-hydrogen) atoms. The molecule has 0 bridgehead atoms. The molecule has 1 aromatic carbocycles. The molecule has 1 aromatic heterocycles. The fourth-order valence-corrected chi connectivity index (χ4v) is 9.79. The lowest BCUT2D eigenvalue weighted by molar-refractivity contribution is -0.149. The van der Waals surface area contributed by atoms with Crippen LogP contribution in [0.1, 0.15) is 103 Å². The Morgan fingerprint density at radius 3 is 2.12 bits per heavy atom. The largest absolute Gasteiger partial charge is 0.379 e. The zero-order valence-electron chi connectivity index (χ0n) is 38.7. The molecule has 0 spiro atoms. The number of aromatic nitrogens is 1. The number of amides is 3. The maximum atomic E-state index is 14.4. The summed E-state index contributed by atoms with van der Waals surface area (Å²) in [6.07, 6.45) is 3.22. The second kappa shape index (κ2) is 24.2. The number of likely N-dealkylation sites (tertiary alicyclic amines) is 1. The van der Waals surface area contributed by atoms with E-state index in [1.54, 1.807) is 32.4 Å². The van der Waals surface area contributed by atoms with Gasteiger partial charge in [-0.15, -0.1) is 11.3 Å². The third kappa shape index (κ3) is 13.7. The lowest BCUT2D eigenvalue weighted by Gasteiger charge is -2.41. The fourth-order valence-electron chi connectivity index (χ4n) is 9.09. The van der Waals surface area contributed by atoms with E-state index in [0.29, 0.717) is 25.9 Å². The summed E-state index contributed by atoms with van der Waals surface area (Å²) in [5.41, 5.74) is 2.11. The molecule has 1 saturated heterocycles. The van der Waals surface area contributed by atoms with Crippen molar-refractivity contribution in [3.8, 4) is 0 Å². The number of hydrogen-bond donors (Lipinski definition) is 1. The van der Waals surface area contributed by atoms with Crippen molar-refractivity contribution in [2.45, 2.75) is 137 Å². The molecule has 0 radical (unpaired) electrons. The number of ketones is 2. The first kappa shape index (κ1) is 50.8. The molecular weight excluding hydrogens is 779 g/mol. The van der Waals surface area contributed by atoms with Crippen molar-refractivity contribution in [3.05, 3.63) is 52.0 Å². The molecule has 0 unspecified atom stereocenters. The van der Waals surface area contributed by atoms with Crippen LogP contribution < -0.4 is 5.32 Å². The Hall–Kier alpha value is -3.52. The van der Waals surface area contributed by atoms with Crippen LogP contribution >= 0.6 is 11.3 Å². The number of carbonyl (C=O) groups is 5. The van der Waals surface area contributed by atoms with Gasteiger partial charge in [-0.3, -0.25) is 28.9 Å². The van der Waals surface area contributed by atoms with Gasteiger partial charge in [0.25, 0.3) is 0 Å². The van der Waals surface area contributed by atoms with Crippen LogP contribution in [0, 0.1) is 42.4 Å². The Balaban J connectivity index is 1.78. The number of thiazole rings is 1. The van der Waals surface area contributed by atoms with Gasteiger partial charge in [0, 0.05) is 77.0 Å². The van der Waals surface area contributed by atoms with Gasteiger partial charge in [0.2, 0.25) is 17.7 Å². The molecule has 2 heterocycles. The molecule has 12 nitrogen and oxygen atoms in total. The number of Topliss-reactive ketones (excluding diaryl/α,β-unsaturated/α-hetero) is 2. The standard InChI is InChI=1S/C47H75N5O7S/c1-14-32(7)44(51(11)47(57)36(29(2)3)26-39(54)43(30(4)5)50(9)10)40(58-12)27-42(55)52-22-15-16-37(52)45(59-13)33(8)38(53)24-35(25-41-48-21-23-60-41)46(56)49-28-34-19-17-31(6)18-20-34/h17-21,23,29-30,32-33,35-37,40,43-45H,14-16,22,24-28H2,1-13H3,(H,49,56)/t32-,33-,35-,36-,37-,40+,43-,44-,45+/m0/s1. The number of ether oxygens (including phenoxy) is 2. The highest BCUT2D eigenvalue weighted by Crippen LogP contribution is 2.32. The van der Waals surface area contributed by atoms with Crippen molar-refractivity contribution in [1.82, 2.24) is 25.0 Å². The number of methoxy groups -OCH3 is 2. The van der Waals surface area contributed by atoms with E-state index in [-0.39, 0.29) is 78.4 Å². The maximum absolute atomic E-state index is 14.4. The van der Waals surface area contributed by atoms with Gasteiger partial charge in [0.15, 0.2) is 5.78 Å². The van der Waals surface area contributed by atoms with Crippen molar-refractivity contribution in [2.75, 3.05) is 41.9 Å². The van der Waals surface area contributed by atoms with Crippen molar-refractivity contribution >= 4 is 40.6 Å². The number of rotatable bonds is 25. The van der Waals surface area contributed by atoms with Crippen LogP contribution in [-0.4, -0.2) is 121 Å². The second-order valence-corrected chi connectivity index (χ2v) is 18.9. The summed E-state index contributed by atoms with van der Waals surface area (Å²) in [5, 5.41) is 5.69. The smallest absolute Gasteiger partial charge is 0.226 e. The zero-order valence-corrected chi connectivity index (χ0v) is 39.6. The summed E-state index contributed by atoms with van der Waals surface area (Å²) >= 11 is 1.46. The maximum Gasteiger partial charge on any atom is 0.226 e. The molecule has 0 aliphatic carbocycles. The van der Waals surface area contributed by atoms with Crippen molar-refractivity contribution in [2.24, 2.45) is 35.5 Å². The molecule has 1 aliphatic heterocycles. The Morgan fingerprint density at radius 2 is 1.58 bits per heavy atom. The van der Waals surface area contributed by atoms with Crippen molar-refractivity contribution in [3.63, 3.8) is 0 Å². The summed E-state index contributed by atoms with van der Waals surface area (Å²) in [4.78, 5) is 80.0. The van der Waals surface area contributed by atoms with E-state index in [0.717, 1.165) is 29.0 Å². The monoisotopic (exact) mass is 854 g/mol. The minimum atomic E-state index is -0.618. The molecule has 1 aliphatic rings. The molecule has 13 heteroatoms. The van der Waals surface area contributed by atoms with E-state index < -0.39 is 36.0 Å². The third-order valence-electron chi connectivity index (χ3n) is 12.7. The summed E-state index contributed by atoms with van der Waals surface area (Å²) in [6, 6.07) is 6.90. The summed E-state index contributed by atoms with van der Waals surface area (Å²) in [7, 11) is 8.73. The quantitative estimate of drug-likeness (QED) is 0.117. The van der Waals surface area contributed by atoms with Gasteiger partial charge in [-0.2, -0.15) is 0 Å². The van der Waals surface area contributed by atoms with Crippen molar-refractivity contribution in [1.29, 1.82) is 0 Å². The predicted molar refractivity (Wildman–Crippen MR) is 238 cm³/mol. The van der Waals surface area contributed by atoms with E-state index in [4.69, 9.17) is 9.47 Å². The van der Waals surface area contributed by atoms with Crippen LogP contribution in [0.15, 0.2) is 35.8 Å². The summed E-state index contributed by atoms with van der Waals surface area (Å²) in [6.45, 7) is 16.8. The second-order valence-electron chi connectivity index (χ2n) is 18.0. The molecule has 0 saturated carbocycles. The number of aryl methyl sites for hydroxylation is 1. The van der Waals surface area contributed by atoms with E-state index >= 15 is 0 Å². The van der Waals surface area contributed by atoms with Gasteiger partial charge in [-0.25, -0.2) is 4.98 Å². The van der Waals surface area contributed by atoms with Crippen LogP contribution in [0.4, 0.5) is 0 Å². The van der Waals surface area contributed by atoms with Gasteiger partial charge < -0.3 is 24.6 Å². The molecule has 2 aromatic rings. The average Bonchev–Trinajstić information content (AvgIpc) is 3.91. The summed E-state index contributed by atoms with van der Waals surface area (Å²) in [5.74, 6) is -2.22.